The highest BCUT2D eigenvalue weighted by atomic mass is 16.5. The second-order valence-corrected chi connectivity index (χ2v) is 5.28. The van der Waals surface area contributed by atoms with Crippen LogP contribution in [0.15, 0.2) is 33.5 Å². The van der Waals surface area contributed by atoms with Gasteiger partial charge in [0.15, 0.2) is 5.79 Å². The normalized spacial score (nSPS) is 15.6. The molecular formula is C16H14O6. The molecular weight excluding hydrogens is 288 g/mol. The molecule has 3 rings (SSSR count). The van der Waals surface area contributed by atoms with Gasteiger partial charge < -0.3 is 24.8 Å². The summed E-state index contributed by atoms with van der Waals surface area (Å²) in [5, 5.41) is 40.1. The first-order chi connectivity index (χ1) is 10.3. The number of benzene rings is 1. The molecule has 6 nitrogen and oxygen atoms in total. The molecule has 0 radical (unpaired) electrons. The van der Waals surface area contributed by atoms with Gasteiger partial charge >= 0.3 is 5.63 Å². The third kappa shape index (κ3) is 2.18. The molecule has 1 heterocycles. The Kier molecular flexibility index (Phi) is 3.09. The molecule has 2 aromatic rings. The highest BCUT2D eigenvalue weighted by molar-refractivity contribution is 5.77. The molecule has 0 spiro atoms. The summed E-state index contributed by atoms with van der Waals surface area (Å²) in [6.07, 6.45) is 3.28. The lowest BCUT2D eigenvalue weighted by molar-refractivity contribution is -0.167. The van der Waals surface area contributed by atoms with Gasteiger partial charge in [0.05, 0.1) is 11.6 Å². The molecule has 4 N–H and O–H groups in total. The van der Waals surface area contributed by atoms with Crippen molar-refractivity contribution in [2.75, 3.05) is 0 Å². The molecule has 0 unspecified atom stereocenters. The molecule has 0 bridgehead atoms. The Labute approximate surface area is 125 Å². The van der Waals surface area contributed by atoms with Crippen LogP contribution in [0, 0.1) is 6.92 Å². The first kappa shape index (κ1) is 14.4. The zero-order valence-electron chi connectivity index (χ0n) is 11.7. The zero-order valence-corrected chi connectivity index (χ0v) is 11.7. The summed E-state index contributed by atoms with van der Waals surface area (Å²) in [5.41, 5.74) is 0.421. The lowest BCUT2D eigenvalue weighted by Crippen LogP contribution is -2.28. The van der Waals surface area contributed by atoms with Crippen LogP contribution in [0.1, 0.15) is 23.1 Å². The van der Waals surface area contributed by atoms with Gasteiger partial charge in [0.1, 0.15) is 17.3 Å². The highest BCUT2D eigenvalue weighted by Gasteiger charge is 2.33. The maximum Gasteiger partial charge on any atom is 0.339 e. The number of fused-ring (bicyclic) bond motifs is 1. The number of hydrogen-bond acceptors (Lipinski definition) is 6. The Morgan fingerprint density at radius 3 is 2.59 bits per heavy atom. The van der Waals surface area contributed by atoms with Crippen LogP contribution < -0.4 is 5.63 Å². The summed E-state index contributed by atoms with van der Waals surface area (Å²) in [6.45, 7) is 1.58. The Bertz CT molecular complexity index is 844. The van der Waals surface area contributed by atoms with Crippen molar-refractivity contribution >= 4 is 6.08 Å². The van der Waals surface area contributed by atoms with Crippen molar-refractivity contribution in [2.45, 2.75) is 19.1 Å². The fraction of sp³-hybridized carbons (Fsp3) is 0.188. The van der Waals surface area contributed by atoms with E-state index >= 15 is 0 Å². The molecule has 0 aliphatic heterocycles. The minimum Gasteiger partial charge on any atom is -0.508 e. The van der Waals surface area contributed by atoms with E-state index in [1.165, 1.54) is 12.1 Å². The Morgan fingerprint density at radius 2 is 1.91 bits per heavy atom. The van der Waals surface area contributed by atoms with Gasteiger partial charge in [-0.05, 0) is 24.1 Å². The molecule has 6 heteroatoms. The average molecular weight is 302 g/mol. The van der Waals surface area contributed by atoms with E-state index in [-0.39, 0.29) is 34.8 Å². The van der Waals surface area contributed by atoms with Crippen molar-refractivity contribution in [1.82, 2.24) is 0 Å². The third-order valence-corrected chi connectivity index (χ3v) is 3.69. The van der Waals surface area contributed by atoms with E-state index < -0.39 is 11.4 Å². The van der Waals surface area contributed by atoms with Crippen molar-refractivity contribution in [1.29, 1.82) is 0 Å². The molecule has 0 saturated carbocycles. The summed E-state index contributed by atoms with van der Waals surface area (Å²) in [4.78, 5) is 11.4. The SMILES string of the molecule is Cc1c(-c2cc(O)cc(=O)o2)c(O)cc2c1C(O)(O)CC=C2. The monoisotopic (exact) mass is 302 g/mol. The number of aromatic hydroxyl groups is 2. The number of phenols is 1. The van der Waals surface area contributed by atoms with Crippen LogP contribution in [-0.2, 0) is 5.79 Å². The van der Waals surface area contributed by atoms with E-state index in [1.54, 1.807) is 19.1 Å². The molecule has 0 amide bonds. The van der Waals surface area contributed by atoms with Crippen LogP contribution >= 0.6 is 0 Å². The smallest absolute Gasteiger partial charge is 0.339 e. The molecule has 1 aliphatic carbocycles. The molecule has 0 fully saturated rings. The standard InChI is InChI=1S/C16H14O6/c1-8-14(12-6-10(17)7-13(19)22-12)11(18)5-9-3-2-4-16(20,21)15(8)9/h2-3,5-7,17-18,20-21H,4H2,1H3. The van der Waals surface area contributed by atoms with E-state index in [4.69, 9.17) is 4.42 Å². The summed E-state index contributed by atoms with van der Waals surface area (Å²) in [6, 6.07) is 3.45. The van der Waals surface area contributed by atoms with E-state index in [2.05, 4.69) is 0 Å². The molecule has 1 aromatic carbocycles. The largest absolute Gasteiger partial charge is 0.508 e. The first-order valence-corrected chi connectivity index (χ1v) is 6.62. The maximum atomic E-state index is 11.4. The quantitative estimate of drug-likeness (QED) is 0.595. The molecule has 0 saturated heterocycles. The van der Waals surface area contributed by atoms with Crippen molar-refractivity contribution in [3.05, 3.63) is 51.4 Å². The first-order valence-electron chi connectivity index (χ1n) is 6.62. The van der Waals surface area contributed by atoms with Crippen molar-refractivity contribution in [2.24, 2.45) is 0 Å². The average Bonchev–Trinajstić information content (AvgIpc) is 2.35. The van der Waals surface area contributed by atoms with E-state index in [9.17, 15) is 25.2 Å². The Hall–Kier alpha value is -2.57. The minimum atomic E-state index is -2.08. The van der Waals surface area contributed by atoms with Crippen molar-refractivity contribution < 1.29 is 24.8 Å². The number of rotatable bonds is 1. The van der Waals surface area contributed by atoms with Gasteiger partial charge in [-0.3, -0.25) is 0 Å². The number of hydrogen-bond donors (Lipinski definition) is 4. The highest BCUT2D eigenvalue weighted by Crippen LogP contribution is 2.43. The van der Waals surface area contributed by atoms with E-state index in [0.29, 0.717) is 11.1 Å². The van der Waals surface area contributed by atoms with Crippen LogP contribution in [0.2, 0.25) is 0 Å². The van der Waals surface area contributed by atoms with Gasteiger partial charge in [-0.2, -0.15) is 0 Å². The van der Waals surface area contributed by atoms with Crippen LogP contribution in [0.4, 0.5) is 0 Å². The summed E-state index contributed by atoms with van der Waals surface area (Å²) < 4.78 is 5.01. The van der Waals surface area contributed by atoms with Gasteiger partial charge in [0, 0.05) is 18.1 Å². The molecule has 0 atom stereocenters. The predicted octanol–water partition coefficient (Wildman–Crippen LogP) is 1.58. The van der Waals surface area contributed by atoms with Gasteiger partial charge in [-0.25, -0.2) is 4.79 Å². The lowest BCUT2D eigenvalue weighted by Gasteiger charge is -2.29. The topological polar surface area (TPSA) is 111 Å². The van der Waals surface area contributed by atoms with Gasteiger partial charge in [-0.15, -0.1) is 0 Å². The van der Waals surface area contributed by atoms with Crippen LogP contribution in [-0.4, -0.2) is 20.4 Å². The molecule has 1 aliphatic rings. The number of phenolic OH excluding ortho intramolecular Hbond substituents is 1. The fourth-order valence-electron chi connectivity index (χ4n) is 2.84. The second-order valence-electron chi connectivity index (χ2n) is 5.28. The van der Waals surface area contributed by atoms with E-state index in [1.807, 2.05) is 0 Å². The zero-order chi connectivity index (χ0) is 16.1. The van der Waals surface area contributed by atoms with Gasteiger partial charge in [0.25, 0.3) is 0 Å². The summed E-state index contributed by atoms with van der Waals surface area (Å²) >= 11 is 0. The van der Waals surface area contributed by atoms with Crippen LogP contribution in [0.5, 0.6) is 11.5 Å². The third-order valence-electron chi connectivity index (χ3n) is 3.69. The number of aliphatic hydroxyl groups is 2. The minimum absolute atomic E-state index is 0.00897. The maximum absolute atomic E-state index is 11.4. The molecule has 22 heavy (non-hydrogen) atoms. The predicted molar refractivity (Wildman–Crippen MR) is 78.2 cm³/mol. The van der Waals surface area contributed by atoms with Crippen LogP contribution in [0.25, 0.3) is 17.4 Å². The lowest BCUT2D eigenvalue weighted by atomic mass is 9.85. The molecule has 114 valence electrons. The van der Waals surface area contributed by atoms with Crippen molar-refractivity contribution in [3.8, 4) is 22.8 Å². The fourth-order valence-corrected chi connectivity index (χ4v) is 2.84. The summed E-state index contributed by atoms with van der Waals surface area (Å²) in [5.74, 6) is -2.62. The summed E-state index contributed by atoms with van der Waals surface area (Å²) in [7, 11) is 0. The van der Waals surface area contributed by atoms with E-state index in [0.717, 1.165) is 6.07 Å². The van der Waals surface area contributed by atoms with Crippen LogP contribution in [0.3, 0.4) is 0 Å². The Morgan fingerprint density at radius 1 is 1.18 bits per heavy atom. The van der Waals surface area contributed by atoms with Gasteiger partial charge in [0.2, 0.25) is 0 Å². The second kappa shape index (κ2) is 4.72. The van der Waals surface area contributed by atoms with Crippen molar-refractivity contribution in [3.63, 3.8) is 0 Å². The Balaban J connectivity index is 2.35. The molecule has 1 aromatic heterocycles. The van der Waals surface area contributed by atoms with Gasteiger partial charge in [-0.1, -0.05) is 12.2 Å².